The second-order valence-corrected chi connectivity index (χ2v) is 5.08. The van der Waals surface area contributed by atoms with Crippen LogP contribution in [0.25, 0.3) is 5.57 Å². The third-order valence-corrected chi connectivity index (χ3v) is 3.63. The molecule has 0 bridgehead atoms. The maximum atomic E-state index is 11.7. The van der Waals surface area contributed by atoms with Crippen molar-refractivity contribution in [3.8, 4) is 5.75 Å². The van der Waals surface area contributed by atoms with Gasteiger partial charge in [0.25, 0.3) is 5.91 Å². The van der Waals surface area contributed by atoms with Gasteiger partial charge in [-0.2, -0.15) is 0 Å². The van der Waals surface area contributed by atoms with Crippen molar-refractivity contribution in [1.82, 2.24) is 0 Å². The number of nitrogens with zero attached hydrogens (tertiary/aromatic N) is 2. The smallest absolute Gasteiger partial charge is 0.296 e. The predicted molar refractivity (Wildman–Crippen MR) is 85.8 cm³/mol. The molecule has 0 saturated carbocycles. The van der Waals surface area contributed by atoms with E-state index in [0.29, 0.717) is 12.3 Å². The number of hydrogen-bond donors (Lipinski definition) is 0. The van der Waals surface area contributed by atoms with Crippen LogP contribution < -0.4 is 4.74 Å². The van der Waals surface area contributed by atoms with Crippen LogP contribution in [0.5, 0.6) is 5.75 Å². The molecular formula is C18H12N2O2. The molecule has 4 rings (SSSR count). The van der Waals surface area contributed by atoms with Gasteiger partial charge in [-0.3, -0.25) is 4.79 Å². The van der Waals surface area contributed by atoms with Crippen LogP contribution in [-0.2, 0) is 11.4 Å². The average Bonchev–Trinajstić information content (AvgIpc) is 2.94. The Morgan fingerprint density at radius 3 is 2.77 bits per heavy atom. The fourth-order valence-corrected chi connectivity index (χ4v) is 2.54. The summed E-state index contributed by atoms with van der Waals surface area (Å²) in [6, 6.07) is 15.7. The molecule has 1 amide bonds. The zero-order chi connectivity index (χ0) is 14.9. The predicted octanol–water partition coefficient (Wildman–Crippen LogP) is 3.35. The molecular weight excluding hydrogens is 276 g/mol. The molecule has 2 aliphatic rings. The highest BCUT2D eigenvalue weighted by Crippen LogP contribution is 2.38. The Bertz CT molecular complexity index is 849. The fourth-order valence-electron chi connectivity index (χ4n) is 2.54. The number of hydrogen-bond acceptors (Lipinski definition) is 3. The molecule has 0 saturated heterocycles. The molecule has 0 fully saturated rings. The van der Waals surface area contributed by atoms with Gasteiger partial charge in [0.2, 0.25) is 0 Å². The molecule has 2 aromatic carbocycles. The molecule has 22 heavy (non-hydrogen) atoms. The van der Waals surface area contributed by atoms with Gasteiger partial charge in [0.05, 0.1) is 5.69 Å². The van der Waals surface area contributed by atoms with Crippen molar-refractivity contribution in [3.05, 3.63) is 65.7 Å². The molecule has 0 aliphatic carbocycles. The van der Waals surface area contributed by atoms with Crippen molar-refractivity contribution in [2.75, 3.05) is 0 Å². The van der Waals surface area contributed by atoms with E-state index in [2.05, 4.69) is 9.98 Å². The zero-order valence-corrected chi connectivity index (χ0v) is 11.7. The highest BCUT2D eigenvalue weighted by atomic mass is 16.5. The Balaban J connectivity index is 1.60. The molecule has 4 nitrogen and oxygen atoms in total. The summed E-state index contributed by atoms with van der Waals surface area (Å²) in [7, 11) is 0. The summed E-state index contributed by atoms with van der Waals surface area (Å²) in [6.45, 7) is 0.507. The van der Waals surface area contributed by atoms with Crippen molar-refractivity contribution >= 4 is 29.1 Å². The number of fused-ring (bicyclic) bond motifs is 3. The van der Waals surface area contributed by atoms with Crippen LogP contribution in [0, 0.1) is 0 Å². The van der Waals surface area contributed by atoms with E-state index >= 15 is 0 Å². The Morgan fingerprint density at radius 2 is 1.91 bits per heavy atom. The third kappa shape index (κ3) is 2.15. The van der Waals surface area contributed by atoms with E-state index in [1.54, 1.807) is 0 Å². The maximum Gasteiger partial charge on any atom is 0.296 e. The lowest BCUT2D eigenvalue weighted by Gasteiger charge is -2.09. The first-order valence-corrected chi connectivity index (χ1v) is 7.00. The summed E-state index contributed by atoms with van der Waals surface area (Å²) in [6.07, 6.45) is 3.33. The fraction of sp³-hybridized carbons (Fsp3) is 0.0556. The Hall–Kier alpha value is -3.01. The number of rotatable bonds is 3. The Labute approximate surface area is 127 Å². The number of aliphatic imine (C=N–C) groups is 2. The van der Waals surface area contributed by atoms with E-state index in [1.165, 1.54) is 6.21 Å². The Morgan fingerprint density at radius 1 is 1.05 bits per heavy atom. The van der Waals surface area contributed by atoms with Crippen LogP contribution in [0.1, 0.15) is 11.1 Å². The molecule has 0 spiro atoms. The highest BCUT2D eigenvalue weighted by molar-refractivity contribution is 6.60. The molecule has 4 heteroatoms. The quantitative estimate of drug-likeness (QED) is 0.869. The minimum atomic E-state index is -0.291. The number of dihydropyridines is 1. The topological polar surface area (TPSA) is 51.0 Å². The van der Waals surface area contributed by atoms with E-state index in [4.69, 9.17) is 4.74 Å². The molecule has 0 N–H and O–H groups in total. The third-order valence-electron chi connectivity index (χ3n) is 3.63. The number of ether oxygens (including phenoxy) is 1. The van der Waals surface area contributed by atoms with Gasteiger partial charge in [-0.15, -0.1) is 0 Å². The minimum Gasteiger partial charge on any atom is -0.489 e. The Kier molecular flexibility index (Phi) is 2.93. The average molecular weight is 288 g/mol. The molecule has 0 radical (unpaired) electrons. The first-order valence-electron chi connectivity index (χ1n) is 7.00. The monoisotopic (exact) mass is 288 g/mol. The normalized spacial score (nSPS) is 15.0. The molecule has 0 atom stereocenters. The standard InChI is InChI=1S/C18H12N2O2/c21-18-17-14(8-9-19-18)15-10-13(6-7-16(15)20-17)22-11-12-4-2-1-3-5-12/h1-10H,11H2. The second kappa shape index (κ2) is 5.07. The van der Waals surface area contributed by atoms with Crippen molar-refractivity contribution in [3.63, 3.8) is 0 Å². The van der Waals surface area contributed by atoms with E-state index < -0.39 is 0 Å². The first-order chi connectivity index (χ1) is 10.8. The van der Waals surface area contributed by atoms with Gasteiger partial charge in [-0.1, -0.05) is 30.3 Å². The van der Waals surface area contributed by atoms with Gasteiger partial charge >= 0.3 is 0 Å². The SMILES string of the molecule is O=C1N=CC=C2C1=Nc1ccc(OCc3ccccc3)cc12. The molecule has 2 heterocycles. The highest BCUT2D eigenvalue weighted by Gasteiger charge is 2.27. The van der Waals surface area contributed by atoms with Crippen LogP contribution in [-0.4, -0.2) is 17.8 Å². The van der Waals surface area contributed by atoms with E-state index in [0.717, 1.165) is 28.1 Å². The van der Waals surface area contributed by atoms with Crippen LogP contribution in [0.3, 0.4) is 0 Å². The van der Waals surface area contributed by atoms with Crippen LogP contribution in [0.2, 0.25) is 0 Å². The summed E-state index contributed by atoms with van der Waals surface area (Å²) >= 11 is 0. The number of allylic oxidation sites excluding steroid dienone is 1. The van der Waals surface area contributed by atoms with Crippen molar-refractivity contribution in [2.24, 2.45) is 9.98 Å². The van der Waals surface area contributed by atoms with Crippen LogP contribution in [0.4, 0.5) is 5.69 Å². The lowest BCUT2D eigenvalue weighted by atomic mass is 10.0. The first kappa shape index (κ1) is 12.7. The second-order valence-electron chi connectivity index (χ2n) is 5.08. The van der Waals surface area contributed by atoms with Gasteiger partial charge in [-0.25, -0.2) is 9.98 Å². The summed E-state index contributed by atoms with van der Waals surface area (Å²) < 4.78 is 5.83. The van der Waals surface area contributed by atoms with Crippen LogP contribution in [0.15, 0.2) is 64.6 Å². The van der Waals surface area contributed by atoms with Gasteiger partial charge in [-0.05, 0) is 29.8 Å². The van der Waals surface area contributed by atoms with Crippen molar-refractivity contribution in [1.29, 1.82) is 0 Å². The molecule has 0 unspecified atom stereocenters. The molecule has 106 valence electrons. The summed E-state index contributed by atoms with van der Waals surface area (Å²) in [5.41, 5.74) is 4.05. The van der Waals surface area contributed by atoms with Gasteiger partial charge in [0, 0.05) is 17.4 Å². The minimum absolute atomic E-state index is 0.291. The van der Waals surface area contributed by atoms with E-state index in [9.17, 15) is 4.79 Å². The van der Waals surface area contributed by atoms with E-state index in [1.807, 2.05) is 54.6 Å². The van der Waals surface area contributed by atoms with Gasteiger partial charge in [0.1, 0.15) is 18.1 Å². The number of carbonyl (C=O) groups is 1. The summed E-state index contributed by atoms with van der Waals surface area (Å²) in [4.78, 5) is 19.8. The number of benzene rings is 2. The zero-order valence-electron chi connectivity index (χ0n) is 11.7. The number of carbonyl (C=O) groups excluding carboxylic acids is 1. The van der Waals surface area contributed by atoms with Gasteiger partial charge in [0.15, 0.2) is 0 Å². The van der Waals surface area contributed by atoms with E-state index in [-0.39, 0.29) is 5.91 Å². The molecule has 2 aliphatic heterocycles. The van der Waals surface area contributed by atoms with Gasteiger partial charge < -0.3 is 4.74 Å². The van der Waals surface area contributed by atoms with Crippen molar-refractivity contribution in [2.45, 2.75) is 6.61 Å². The van der Waals surface area contributed by atoms with Crippen molar-refractivity contribution < 1.29 is 9.53 Å². The van der Waals surface area contributed by atoms with Crippen LogP contribution >= 0.6 is 0 Å². The number of amides is 1. The lowest BCUT2D eigenvalue weighted by Crippen LogP contribution is -2.13. The largest absolute Gasteiger partial charge is 0.489 e. The lowest BCUT2D eigenvalue weighted by molar-refractivity contribution is -0.111. The summed E-state index contributed by atoms with van der Waals surface area (Å²) in [5, 5.41) is 0. The maximum absolute atomic E-state index is 11.7. The molecule has 2 aromatic rings. The summed E-state index contributed by atoms with van der Waals surface area (Å²) in [5.74, 6) is 0.468. The molecule has 0 aromatic heterocycles.